The molecular weight excluding hydrogens is 277 g/mol. The standard InChI is InChI=1S/C12H13F3N2O3/c1-20-11(12(13,14)15)7-16(8-11)6-9-2-4-10(5-3-9)17(18)19/h2-5H,6-8H2,1H3. The van der Waals surface area contributed by atoms with Crippen molar-refractivity contribution in [2.24, 2.45) is 0 Å². The molecule has 0 spiro atoms. The van der Waals surface area contributed by atoms with Crippen molar-refractivity contribution >= 4 is 5.69 Å². The quantitative estimate of drug-likeness (QED) is 0.631. The average Bonchev–Trinajstić information content (AvgIpc) is 2.32. The highest BCUT2D eigenvalue weighted by Gasteiger charge is 2.62. The van der Waals surface area contributed by atoms with Gasteiger partial charge in [0.1, 0.15) is 0 Å². The largest absolute Gasteiger partial charge is 0.419 e. The van der Waals surface area contributed by atoms with Gasteiger partial charge in [-0.15, -0.1) is 0 Å². The van der Waals surface area contributed by atoms with E-state index in [2.05, 4.69) is 4.74 Å². The van der Waals surface area contributed by atoms with Crippen molar-refractivity contribution in [1.29, 1.82) is 0 Å². The summed E-state index contributed by atoms with van der Waals surface area (Å²) in [5.74, 6) is 0. The first-order valence-corrected chi connectivity index (χ1v) is 5.85. The van der Waals surface area contributed by atoms with Gasteiger partial charge in [-0.2, -0.15) is 13.2 Å². The van der Waals surface area contributed by atoms with E-state index in [0.717, 1.165) is 12.7 Å². The molecule has 0 aliphatic carbocycles. The molecule has 0 aromatic heterocycles. The number of halogens is 3. The first-order valence-electron chi connectivity index (χ1n) is 5.85. The lowest BCUT2D eigenvalue weighted by atomic mass is 9.92. The predicted molar refractivity (Wildman–Crippen MR) is 64.2 cm³/mol. The van der Waals surface area contributed by atoms with E-state index in [9.17, 15) is 23.3 Å². The van der Waals surface area contributed by atoms with E-state index in [4.69, 9.17) is 0 Å². The predicted octanol–water partition coefficient (Wildman–Crippen LogP) is 2.36. The highest BCUT2D eigenvalue weighted by molar-refractivity contribution is 5.33. The molecule has 1 aliphatic rings. The summed E-state index contributed by atoms with van der Waals surface area (Å²) in [6, 6.07) is 5.75. The van der Waals surface area contributed by atoms with Crippen molar-refractivity contribution in [2.45, 2.75) is 18.3 Å². The van der Waals surface area contributed by atoms with E-state index in [1.165, 1.54) is 12.1 Å². The van der Waals surface area contributed by atoms with Gasteiger partial charge >= 0.3 is 6.18 Å². The maximum Gasteiger partial charge on any atom is 0.419 e. The Morgan fingerprint density at radius 1 is 1.35 bits per heavy atom. The average molecular weight is 290 g/mol. The molecule has 0 amide bonds. The first kappa shape index (κ1) is 14.7. The molecule has 1 heterocycles. The number of likely N-dealkylation sites (tertiary alicyclic amines) is 1. The number of methoxy groups -OCH3 is 1. The first-order chi connectivity index (χ1) is 9.27. The van der Waals surface area contributed by atoms with Gasteiger partial charge in [-0.3, -0.25) is 15.0 Å². The highest BCUT2D eigenvalue weighted by Crippen LogP contribution is 2.40. The molecule has 5 nitrogen and oxygen atoms in total. The second-order valence-corrected chi connectivity index (χ2v) is 4.76. The molecule has 0 radical (unpaired) electrons. The fourth-order valence-electron chi connectivity index (χ4n) is 2.19. The minimum atomic E-state index is -4.40. The van der Waals surface area contributed by atoms with Crippen molar-refractivity contribution in [3.63, 3.8) is 0 Å². The fraction of sp³-hybridized carbons (Fsp3) is 0.500. The molecule has 1 saturated heterocycles. The van der Waals surface area contributed by atoms with Gasteiger partial charge in [-0.05, 0) is 5.56 Å². The van der Waals surface area contributed by atoms with Gasteiger partial charge in [-0.1, -0.05) is 12.1 Å². The molecule has 1 fully saturated rings. The van der Waals surface area contributed by atoms with Crippen LogP contribution in [0.3, 0.4) is 0 Å². The zero-order valence-electron chi connectivity index (χ0n) is 10.7. The summed E-state index contributed by atoms with van der Waals surface area (Å²) >= 11 is 0. The van der Waals surface area contributed by atoms with Crippen molar-refractivity contribution in [2.75, 3.05) is 20.2 Å². The van der Waals surface area contributed by atoms with Gasteiger partial charge < -0.3 is 4.74 Å². The normalized spacial score (nSPS) is 18.6. The molecule has 0 bridgehead atoms. The van der Waals surface area contributed by atoms with Crippen molar-refractivity contribution in [1.82, 2.24) is 4.90 Å². The SMILES string of the molecule is COC1(C(F)(F)F)CN(Cc2ccc([N+](=O)[O-])cc2)C1. The van der Waals surface area contributed by atoms with Crippen LogP contribution in [0, 0.1) is 10.1 Å². The number of rotatable bonds is 4. The lowest BCUT2D eigenvalue weighted by Gasteiger charge is -2.49. The lowest BCUT2D eigenvalue weighted by Crippen LogP contribution is -2.69. The maximum atomic E-state index is 12.8. The number of alkyl halides is 3. The Bertz CT molecular complexity index is 496. The number of nitro groups is 1. The molecule has 8 heteroatoms. The van der Waals surface area contributed by atoms with Gasteiger partial charge in [-0.25, -0.2) is 0 Å². The molecule has 1 aromatic rings. The minimum absolute atomic E-state index is 0.0427. The number of ether oxygens (including phenoxy) is 1. The van der Waals surface area contributed by atoms with Gasteiger partial charge in [0.05, 0.1) is 4.92 Å². The van der Waals surface area contributed by atoms with E-state index in [1.807, 2.05) is 0 Å². The van der Waals surface area contributed by atoms with Crippen LogP contribution in [0.5, 0.6) is 0 Å². The Kier molecular flexibility index (Phi) is 3.70. The minimum Gasteiger partial charge on any atom is -0.366 e. The van der Waals surface area contributed by atoms with Crippen LogP contribution in [0.1, 0.15) is 5.56 Å². The van der Waals surface area contributed by atoms with Crippen LogP contribution < -0.4 is 0 Å². The van der Waals surface area contributed by atoms with E-state index < -0.39 is 16.7 Å². The number of nitrogens with zero attached hydrogens (tertiary/aromatic N) is 2. The summed E-state index contributed by atoms with van der Waals surface area (Å²) in [7, 11) is 1.05. The molecule has 20 heavy (non-hydrogen) atoms. The molecule has 2 rings (SSSR count). The second kappa shape index (κ2) is 5.02. The number of hydrogen-bond donors (Lipinski definition) is 0. The highest BCUT2D eigenvalue weighted by atomic mass is 19.4. The third-order valence-electron chi connectivity index (χ3n) is 3.42. The molecule has 1 aromatic carbocycles. The van der Waals surface area contributed by atoms with Crippen LogP contribution >= 0.6 is 0 Å². The Labute approximate surface area is 113 Å². The Morgan fingerprint density at radius 3 is 2.30 bits per heavy atom. The topological polar surface area (TPSA) is 55.6 Å². The van der Waals surface area contributed by atoms with Crippen LogP contribution in [0.4, 0.5) is 18.9 Å². The van der Waals surface area contributed by atoms with Crippen LogP contribution in [0.25, 0.3) is 0 Å². The monoisotopic (exact) mass is 290 g/mol. The molecule has 0 atom stereocenters. The number of hydrogen-bond acceptors (Lipinski definition) is 4. The Hall–Kier alpha value is -1.67. The number of nitro benzene ring substituents is 1. The maximum absolute atomic E-state index is 12.8. The van der Waals surface area contributed by atoms with Crippen LogP contribution in [-0.4, -0.2) is 41.8 Å². The number of non-ortho nitro benzene ring substituents is 1. The zero-order valence-corrected chi connectivity index (χ0v) is 10.7. The lowest BCUT2D eigenvalue weighted by molar-refractivity contribution is -0.384. The summed E-state index contributed by atoms with van der Waals surface area (Å²) in [5, 5.41) is 10.5. The second-order valence-electron chi connectivity index (χ2n) is 4.76. The summed E-state index contributed by atoms with van der Waals surface area (Å²) in [6.45, 7) is -0.160. The van der Waals surface area contributed by atoms with Gasteiger partial charge in [0.25, 0.3) is 5.69 Å². The molecule has 0 N–H and O–H groups in total. The van der Waals surface area contributed by atoms with Crippen LogP contribution in [0.2, 0.25) is 0 Å². The Balaban J connectivity index is 1.96. The van der Waals surface area contributed by atoms with E-state index >= 15 is 0 Å². The summed E-state index contributed by atoms with van der Waals surface area (Å²) in [5.41, 5.74) is -1.41. The molecule has 1 aliphatic heterocycles. The number of benzene rings is 1. The molecule has 0 saturated carbocycles. The fourth-order valence-corrected chi connectivity index (χ4v) is 2.19. The summed E-state index contributed by atoms with van der Waals surface area (Å²) in [6.07, 6.45) is -4.40. The van der Waals surface area contributed by atoms with Gasteiger partial charge in [0.2, 0.25) is 0 Å². The molecular formula is C12H13F3N2O3. The molecule has 110 valence electrons. The van der Waals surface area contributed by atoms with Crippen LogP contribution in [-0.2, 0) is 11.3 Å². The van der Waals surface area contributed by atoms with E-state index in [0.29, 0.717) is 6.54 Å². The zero-order chi connectivity index (χ0) is 15.0. The summed E-state index contributed by atoms with van der Waals surface area (Å²) < 4.78 is 43.0. The van der Waals surface area contributed by atoms with Crippen LogP contribution in [0.15, 0.2) is 24.3 Å². The van der Waals surface area contributed by atoms with E-state index in [-0.39, 0.29) is 18.8 Å². The van der Waals surface area contributed by atoms with Gasteiger partial charge in [0.15, 0.2) is 5.60 Å². The van der Waals surface area contributed by atoms with Crippen molar-refractivity contribution in [3.05, 3.63) is 39.9 Å². The Morgan fingerprint density at radius 2 is 1.90 bits per heavy atom. The molecule has 0 unspecified atom stereocenters. The van der Waals surface area contributed by atoms with E-state index in [1.54, 1.807) is 17.0 Å². The third-order valence-corrected chi connectivity index (χ3v) is 3.42. The van der Waals surface area contributed by atoms with Gasteiger partial charge in [0, 0.05) is 38.9 Å². The van der Waals surface area contributed by atoms with Crippen molar-refractivity contribution in [3.8, 4) is 0 Å². The smallest absolute Gasteiger partial charge is 0.366 e. The third kappa shape index (κ3) is 2.61. The van der Waals surface area contributed by atoms with Crippen molar-refractivity contribution < 1.29 is 22.8 Å². The summed E-state index contributed by atoms with van der Waals surface area (Å²) in [4.78, 5) is 11.6.